The molecule has 1 aliphatic rings. The molecule has 0 bridgehead atoms. The molecule has 0 aromatic heterocycles. The Hall–Kier alpha value is -1.10. The standard InChI is InChI=1S/C16H23ClN2O2/c1-12-9-19(10-13(2)21-12)11-16(20)18-7-6-14-4-3-5-15(17)8-14/h3-5,8,12-13H,6-7,9-11H2,1-2H3,(H,18,20)/t12-,13-/m1/s1. The van der Waals surface area contributed by atoms with Crippen molar-refractivity contribution in [1.82, 2.24) is 10.2 Å². The van der Waals surface area contributed by atoms with Crippen LogP contribution < -0.4 is 5.32 Å². The molecular formula is C16H23ClN2O2. The molecular weight excluding hydrogens is 288 g/mol. The monoisotopic (exact) mass is 310 g/mol. The zero-order chi connectivity index (χ0) is 15.2. The normalized spacial score (nSPS) is 23.0. The molecule has 1 aliphatic heterocycles. The molecule has 1 heterocycles. The van der Waals surface area contributed by atoms with Gasteiger partial charge in [-0.2, -0.15) is 0 Å². The molecule has 21 heavy (non-hydrogen) atoms. The molecule has 1 fully saturated rings. The third kappa shape index (κ3) is 5.65. The second-order valence-electron chi connectivity index (χ2n) is 5.68. The van der Waals surface area contributed by atoms with Crippen molar-refractivity contribution in [3.63, 3.8) is 0 Å². The number of hydrogen-bond donors (Lipinski definition) is 1. The maximum absolute atomic E-state index is 12.0. The third-order valence-electron chi connectivity index (χ3n) is 3.49. The third-order valence-corrected chi connectivity index (χ3v) is 3.72. The van der Waals surface area contributed by atoms with Crippen molar-refractivity contribution in [1.29, 1.82) is 0 Å². The minimum absolute atomic E-state index is 0.0679. The molecule has 1 N–H and O–H groups in total. The van der Waals surface area contributed by atoms with E-state index in [4.69, 9.17) is 16.3 Å². The van der Waals surface area contributed by atoms with Gasteiger partial charge in [0.1, 0.15) is 0 Å². The van der Waals surface area contributed by atoms with E-state index >= 15 is 0 Å². The highest BCUT2D eigenvalue weighted by Crippen LogP contribution is 2.11. The van der Waals surface area contributed by atoms with Crippen LogP contribution in [-0.4, -0.2) is 49.2 Å². The number of ether oxygens (including phenoxy) is 1. The second-order valence-corrected chi connectivity index (χ2v) is 6.12. The number of morpholine rings is 1. The molecule has 5 heteroatoms. The number of benzene rings is 1. The summed E-state index contributed by atoms with van der Waals surface area (Å²) in [6.45, 7) is 6.78. The lowest BCUT2D eigenvalue weighted by Gasteiger charge is -2.34. The highest BCUT2D eigenvalue weighted by Gasteiger charge is 2.23. The van der Waals surface area contributed by atoms with E-state index in [1.807, 2.05) is 38.1 Å². The summed E-state index contributed by atoms with van der Waals surface area (Å²) in [5.74, 6) is 0.0679. The van der Waals surface area contributed by atoms with Crippen LogP contribution in [0.4, 0.5) is 0 Å². The van der Waals surface area contributed by atoms with E-state index in [0.717, 1.165) is 30.1 Å². The fourth-order valence-electron chi connectivity index (χ4n) is 2.71. The van der Waals surface area contributed by atoms with Gasteiger partial charge in [-0.15, -0.1) is 0 Å². The van der Waals surface area contributed by atoms with Crippen LogP contribution in [-0.2, 0) is 16.0 Å². The Labute approximate surface area is 131 Å². The lowest BCUT2D eigenvalue weighted by Crippen LogP contribution is -2.49. The number of carbonyl (C=O) groups excluding carboxylic acids is 1. The molecule has 0 spiro atoms. The summed E-state index contributed by atoms with van der Waals surface area (Å²) >= 11 is 5.94. The van der Waals surface area contributed by atoms with E-state index in [0.29, 0.717) is 13.1 Å². The van der Waals surface area contributed by atoms with Gasteiger partial charge >= 0.3 is 0 Å². The first kappa shape index (κ1) is 16.3. The van der Waals surface area contributed by atoms with Crippen molar-refractivity contribution in [2.75, 3.05) is 26.2 Å². The fourth-order valence-corrected chi connectivity index (χ4v) is 2.92. The molecule has 4 nitrogen and oxygen atoms in total. The molecule has 0 radical (unpaired) electrons. The van der Waals surface area contributed by atoms with Gasteiger partial charge in [-0.3, -0.25) is 9.69 Å². The van der Waals surface area contributed by atoms with E-state index < -0.39 is 0 Å². The summed E-state index contributed by atoms with van der Waals surface area (Å²) in [6, 6.07) is 7.73. The predicted molar refractivity (Wildman–Crippen MR) is 84.6 cm³/mol. The van der Waals surface area contributed by atoms with Crippen LogP contribution in [0.25, 0.3) is 0 Å². The summed E-state index contributed by atoms with van der Waals surface area (Å²) < 4.78 is 5.66. The van der Waals surface area contributed by atoms with Gasteiger partial charge in [-0.1, -0.05) is 23.7 Å². The summed E-state index contributed by atoms with van der Waals surface area (Å²) in [4.78, 5) is 14.1. The molecule has 1 aromatic carbocycles. The van der Waals surface area contributed by atoms with Gasteiger partial charge in [0.05, 0.1) is 18.8 Å². The molecule has 1 saturated heterocycles. The van der Waals surface area contributed by atoms with E-state index in [1.165, 1.54) is 0 Å². The van der Waals surface area contributed by atoms with Gasteiger partial charge in [-0.25, -0.2) is 0 Å². The highest BCUT2D eigenvalue weighted by molar-refractivity contribution is 6.30. The maximum atomic E-state index is 12.0. The molecule has 0 aliphatic carbocycles. The topological polar surface area (TPSA) is 41.6 Å². The predicted octanol–water partition coefficient (Wildman–Crippen LogP) is 2.11. The summed E-state index contributed by atoms with van der Waals surface area (Å²) in [5, 5.41) is 3.69. The number of nitrogens with one attached hydrogen (secondary N) is 1. The summed E-state index contributed by atoms with van der Waals surface area (Å²) in [5.41, 5.74) is 1.14. The summed E-state index contributed by atoms with van der Waals surface area (Å²) in [7, 11) is 0. The average molecular weight is 311 g/mol. The number of hydrogen-bond acceptors (Lipinski definition) is 3. The Morgan fingerprint density at radius 3 is 2.76 bits per heavy atom. The largest absolute Gasteiger partial charge is 0.373 e. The first-order chi connectivity index (χ1) is 10.0. The van der Waals surface area contributed by atoms with Crippen LogP contribution in [0.3, 0.4) is 0 Å². The Kier molecular flexibility index (Phi) is 6.03. The number of nitrogens with zero attached hydrogens (tertiary/aromatic N) is 1. The molecule has 116 valence electrons. The van der Waals surface area contributed by atoms with Gasteiger partial charge in [0.15, 0.2) is 0 Å². The van der Waals surface area contributed by atoms with Gasteiger partial charge in [0, 0.05) is 24.7 Å². The first-order valence-electron chi connectivity index (χ1n) is 7.42. The minimum atomic E-state index is 0.0679. The van der Waals surface area contributed by atoms with E-state index in [9.17, 15) is 4.79 Å². The Balaban J connectivity index is 1.70. The van der Waals surface area contributed by atoms with E-state index in [-0.39, 0.29) is 18.1 Å². The average Bonchev–Trinajstić information content (AvgIpc) is 2.37. The lowest BCUT2D eigenvalue weighted by atomic mass is 10.1. The zero-order valence-electron chi connectivity index (χ0n) is 12.6. The van der Waals surface area contributed by atoms with Gasteiger partial charge in [0.25, 0.3) is 0 Å². The number of halogens is 1. The Bertz CT molecular complexity index is 471. The Morgan fingerprint density at radius 2 is 2.10 bits per heavy atom. The number of amides is 1. The van der Waals surface area contributed by atoms with Gasteiger partial charge < -0.3 is 10.1 Å². The van der Waals surface area contributed by atoms with Crippen molar-refractivity contribution >= 4 is 17.5 Å². The van der Waals surface area contributed by atoms with Crippen LogP contribution in [0.1, 0.15) is 19.4 Å². The van der Waals surface area contributed by atoms with Crippen LogP contribution in [0.15, 0.2) is 24.3 Å². The fraction of sp³-hybridized carbons (Fsp3) is 0.562. The van der Waals surface area contributed by atoms with Gasteiger partial charge in [-0.05, 0) is 38.0 Å². The Morgan fingerprint density at radius 1 is 1.38 bits per heavy atom. The molecule has 1 amide bonds. The van der Waals surface area contributed by atoms with Crippen LogP contribution in [0, 0.1) is 0 Å². The SMILES string of the molecule is C[C@@H]1CN(CC(=O)NCCc2cccc(Cl)c2)C[C@@H](C)O1. The molecule has 2 rings (SSSR count). The molecule has 1 aromatic rings. The van der Waals surface area contributed by atoms with E-state index in [1.54, 1.807) is 0 Å². The van der Waals surface area contributed by atoms with Crippen LogP contribution in [0.2, 0.25) is 5.02 Å². The quantitative estimate of drug-likeness (QED) is 0.905. The molecule has 2 atom stereocenters. The number of rotatable bonds is 5. The molecule has 0 unspecified atom stereocenters. The van der Waals surface area contributed by atoms with Crippen molar-refractivity contribution < 1.29 is 9.53 Å². The van der Waals surface area contributed by atoms with Crippen molar-refractivity contribution in [3.8, 4) is 0 Å². The number of carbonyl (C=O) groups is 1. The van der Waals surface area contributed by atoms with Crippen LogP contribution >= 0.6 is 11.6 Å². The highest BCUT2D eigenvalue weighted by atomic mass is 35.5. The van der Waals surface area contributed by atoms with Crippen molar-refractivity contribution in [2.24, 2.45) is 0 Å². The second kappa shape index (κ2) is 7.78. The zero-order valence-corrected chi connectivity index (χ0v) is 13.4. The maximum Gasteiger partial charge on any atom is 0.234 e. The van der Waals surface area contributed by atoms with Gasteiger partial charge in [0.2, 0.25) is 5.91 Å². The smallest absolute Gasteiger partial charge is 0.234 e. The van der Waals surface area contributed by atoms with Crippen LogP contribution in [0.5, 0.6) is 0 Å². The lowest BCUT2D eigenvalue weighted by molar-refractivity contribution is -0.125. The van der Waals surface area contributed by atoms with Crippen molar-refractivity contribution in [3.05, 3.63) is 34.9 Å². The van der Waals surface area contributed by atoms with E-state index in [2.05, 4.69) is 10.2 Å². The first-order valence-corrected chi connectivity index (χ1v) is 7.79. The summed E-state index contributed by atoms with van der Waals surface area (Å²) in [6.07, 6.45) is 1.17. The van der Waals surface area contributed by atoms with Crippen molar-refractivity contribution in [2.45, 2.75) is 32.5 Å². The minimum Gasteiger partial charge on any atom is -0.373 e. The molecule has 0 saturated carbocycles.